The van der Waals surface area contributed by atoms with E-state index in [4.69, 9.17) is 9.47 Å². The van der Waals surface area contributed by atoms with E-state index in [9.17, 15) is 9.90 Å². The summed E-state index contributed by atoms with van der Waals surface area (Å²) in [4.78, 5) is 16.0. The van der Waals surface area contributed by atoms with Crippen LogP contribution in [0, 0.1) is 6.92 Å². The maximum atomic E-state index is 11.7. The van der Waals surface area contributed by atoms with Gasteiger partial charge in [0.15, 0.2) is 11.5 Å². The van der Waals surface area contributed by atoms with Crippen LogP contribution in [0.5, 0.6) is 11.5 Å². The zero-order chi connectivity index (χ0) is 21.5. The van der Waals surface area contributed by atoms with Crippen molar-refractivity contribution in [3.63, 3.8) is 0 Å². The van der Waals surface area contributed by atoms with Crippen molar-refractivity contribution in [2.24, 2.45) is 0 Å². The largest absolute Gasteiger partial charge is 0.493 e. The molecule has 0 fully saturated rings. The Hall–Kier alpha value is -3.26. The number of aryl methyl sites for hydroxylation is 2. The number of aliphatic carboxylic acids is 1. The maximum absolute atomic E-state index is 11.7. The van der Waals surface area contributed by atoms with Crippen molar-refractivity contribution in [1.82, 2.24) is 15.2 Å². The molecule has 7 nitrogen and oxygen atoms in total. The minimum absolute atomic E-state index is 0.104. The molecule has 30 heavy (non-hydrogen) atoms. The first-order valence-electron chi connectivity index (χ1n) is 9.39. The number of ether oxygens (including phenoxy) is 2. The summed E-state index contributed by atoms with van der Waals surface area (Å²) in [6.07, 6.45) is 2.25. The van der Waals surface area contributed by atoms with Crippen LogP contribution in [-0.4, -0.2) is 33.4 Å². The van der Waals surface area contributed by atoms with E-state index >= 15 is 0 Å². The Morgan fingerprint density at radius 3 is 2.60 bits per heavy atom. The van der Waals surface area contributed by atoms with E-state index in [1.54, 1.807) is 31.4 Å². The van der Waals surface area contributed by atoms with Crippen molar-refractivity contribution in [3.8, 4) is 11.5 Å². The summed E-state index contributed by atoms with van der Waals surface area (Å²) in [5.74, 6) is 0.763. The lowest BCUT2D eigenvalue weighted by atomic mass is 10.1. The molecule has 0 aliphatic rings. The Balaban J connectivity index is 1.77. The zero-order valence-corrected chi connectivity index (χ0v) is 17.8. The first kappa shape index (κ1) is 21.4. The third-order valence-corrected chi connectivity index (χ3v) is 5.14. The number of hydrogen-bond donors (Lipinski definition) is 2. The van der Waals surface area contributed by atoms with E-state index in [1.165, 1.54) is 5.56 Å². The number of H-pyrrole nitrogens is 1. The van der Waals surface area contributed by atoms with E-state index in [0.717, 1.165) is 17.3 Å². The number of methoxy groups -OCH3 is 1. The van der Waals surface area contributed by atoms with Crippen molar-refractivity contribution in [1.29, 1.82) is 0 Å². The lowest BCUT2D eigenvalue weighted by Crippen LogP contribution is -1.99. The number of nitrogens with zero attached hydrogens (tertiary/aromatic N) is 2. The Morgan fingerprint density at radius 2 is 1.97 bits per heavy atom. The first-order valence-corrected chi connectivity index (χ1v) is 10.2. The number of aromatic nitrogens is 3. The molecule has 1 heterocycles. The van der Waals surface area contributed by atoms with Crippen molar-refractivity contribution in [2.45, 2.75) is 32.0 Å². The van der Waals surface area contributed by atoms with Crippen molar-refractivity contribution < 1.29 is 19.4 Å². The van der Waals surface area contributed by atoms with Gasteiger partial charge in [0.1, 0.15) is 17.3 Å². The molecule has 0 unspecified atom stereocenters. The molecule has 2 N–H and O–H groups in total. The van der Waals surface area contributed by atoms with Crippen molar-refractivity contribution in [2.75, 3.05) is 7.11 Å². The minimum atomic E-state index is -1.05. The average molecular weight is 426 g/mol. The minimum Gasteiger partial charge on any atom is -0.493 e. The van der Waals surface area contributed by atoms with Crippen LogP contribution in [-0.2, 0) is 17.8 Å². The normalized spacial score (nSPS) is 11.4. The van der Waals surface area contributed by atoms with Crippen molar-refractivity contribution >= 4 is 23.8 Å². The highest BCUT2D eigenvalue weighted by Crippen LogP contribution is 2.32. The monoisotopic (exact) mass is 425 g/mol. The topological polar surface area (TPSA) is 97.3 Å². The number of benzene rings is 2. The number of hydrogen-bond acceptors (Lipinski definition) is 6. The molecule has 0 bridgehead atoms. The van der Waals surface area contributed by atoms with Gasteiger partial charge >= 0.3 is 5.97 Å². The van der Waals surface area contributed by atoms with Gasteiger partial charge in [-0.05, 0) is 48.0 Å². The third kappa shape index (κ3) is 5.64. The van der Waals surface area contributed by atoms with Crippen LogP contribution in [0.15, 0.2) is 52.5 Å². The number of carboxylic acid groups (broad SMARTS) is 1. The highest BCUT2D eigenvalue weighted by Gasteiger charge is 2.14. The molecule has 8 heteroatoms. The molecular formula is C22H23N3O4S. The molecule has 3 aromatic rings. The summed E-state index contributed by atoms with van der Waals surface area (Å²) in [5, 5.41) is 16.7. The Bertz CT molecular complexity index is 1040. The Labute approximate surface area is 179 Å². The summed E-state index contributed by atoms with van der Waals surface area (Å²) >= 11 is 0.990. The van der Waals surface area contributed by atoms with Gasteiger partial charge in [-0.3, -0.25) is 5.10 Å². The highest BCUT2D eigenvalue weighted by atomic mass is 32.2. The summed E-state index contributed by atoms with van der Waals surface area (Å²) in [5.41, 5.74) is 2.91. The predicted octanol–water partition coefficient (Wildman–Crippen LogP) is 4.48. The summed E-state index contributed by atoms with van der Waals surface area (Å²) < 4.78 is 11.3. The molecule has 0 radical (unpaired) electrons. The smallest absolute Gasteiger partial charge is 0.342 e. The first-order chi connectivity index (χ1) is 14.5. The van der Waals surface area contributed by atoms with Gasteiger partial charge in [-0.15, -0.1) is 5.10 Å². The van der Waals surface area contributed by atoms with Crippen LogP contribution in [0.1, 0.15) is 29.4 Å². The van der Waals surface area contributed by atoms with Gasteiger partial charge in [-0.1, -0.05) is 42.8 Å². The standard InChI is InChI=1S/C22H23N3O4S/c1-4-20-23-22(25-24-20)30-19(21(26)27)12-16-9-10-17(18(11-16)28-3)29-13-15-7-5-14(2)6-8-15/h5-12H,4,13H2,1-3H3,(H,26,27)(H,23,24,25)/b19-12-. The van der Waals surface area contributed by atoms with Crippen LogP contribution in [0.3, 0.4) is 0 Å². The van der Waals surface area contributed by atoms with Crippen molar-refractivity contribution in [3.05, 3.63) is 69.9 Å². The van der Waals surface area contributed by atoms with Crippen LogP contribution >= 0.6 is 11.8 Å². The number of rotatable bonds is 9. The van der Waals surface area contributed by atoms with Crippen LogP contribution in [0.2, 0.25) is 0 Å². The summed E-state index contributed by atoms with van der Waals surface area (Å²) in [7, 11) is 1.55. The Kier molecular flexibility index (Phi) is 7.13. The fourth-order valence-corrected chi connectivity index (χ4v) is 3.33. The van der Waals surface area contributed by atoms with Gasteiger partial charge in [0, 0.05) is 6.42 Å². The van der Waals surface area contributed by atoms with Gasteiger partial charge < -0.3 is 14.6 Å². The quantitative estimate of drug-likeness (QED) is 0.385. The van der Waals surface area contributed by atoms with Gasteiger partial charge in [-0.25, -0.2) is 9.78 Å². The molecule has 0 aliphatic carbocycles. The molecular weight excluding hydrogens is 402 g/mol. The molecule has 0 aliphatic heterocycles. The second kappa shape index (κ2) is 9.98. The molecule has 0 atom stereocenters. The van der Waals surface area contributed by atoms with Gasteiger partial charge in [0.05, 0.1) is 7.11 Å². The number of thioether (sulfide) groups is 1. The van der Waals surface area contributed by atoms with E-state index in [-0.39, 0.29) is 4.91 Å². The number of carbonyl (C=O) groups is 1. The van der Waals surface area contributed by atoms with Crippen LogP contribution in [0.25, 0.3) is 6.08 Å². The average Bonchev–Trinajstić information content (AvgIpc) is 3.21. The second-order valence-corrected chi connectivity index (χ2v) is 7.53. The fourth-order valence-electron chi connectivity index (χ4n) is 2.60. The molecule has 0 spiro atoms. The SMILES string of the molecule is CCc1nc(S/C(=C\c2ccc(OCc3ccc(C)cc3)c(OC)c2)C(=O)O)n[nH]1. The van der Waals surface area contributed by atoms with E-state index < -0.39 is 5.97 Å². The number of carboxylic acids is 1. The van der Waals surface area contributed by atoms with E-state index in [2.05, 4.69) is 15.2 Å². The highest BCUT2D eigenvalue weighted by molar-refractivity contribution is 8.04. The lowest BCUT2D eigenvalue weighted by molar-refractivity contribution is -0.131. The predicted molar refractivity (Wildman–Crippen MR) is 116 cm³/mol. The van der Waals surface area contributed by atoms with E-state index in [0.29, 0.717) is 41.1 Å². The van der Waals surface area contributed by atoms with Crippen LogP contribution < -0.4 is 9.47 Å². The molecule has 0 amide bonds. The lowest BCUT2D eigenvalue weighted by Gasteiger charge is -2.12. The second-order valence-electron chi connectivity index (χ2n) is 6.52. The molecule has 3 rings (SSSR count). The molecule has 2 aromatic carbocycles. The van der Waals surface area contributed by atoms with Gasteiger partial charge in [0.2, 0.25) is 5.16 Å². The molecule has 1 aromatic heterocycles. The fraction of sp³-hybridized carbons (Fsp3) is 0.227. The van der Waals surface area contributed by atoms with Gasteiger partial charge in [-0.2, -0.15) is 0 Å². The molecule has 0 saturated carbocycles. The molecule has 0 saturated heterocycles. The van der Waals surface area contributed by atoms with Crippen LogP contribution in [0.4, 0.5) is 0 Å². The van der Waals surface area contributed by atoms with E-state index in [1.807, 2.05) is 38.1 Å². The molecule has 156 valence electrons. The third-order valence-electron chi connectivity index (χ3n) is 4.26. The Morgan fingerprint density at radius 1 is 1.20 bits per heavy atom. The number of nitrogens with one attached hydrogen (secondary N) is 1. The van der Waals surface area contributed by atoms with Gasteiger partial charge in [0.25, 0.3) is 0 Å². The maximum Gasteiger partial charge on any atom is 0.342 e. The summed E-state index contributed by atoms with van der Waals surface area (Å²) in [6, 6.07) is 13.4. The number of aromatic amines is 1. The summed E-state index contributed by atoms with van der Waals surface area (Å²) in [6.45, 7) is 4.39. The zero-order valence-electron chi connectivity index (χ0n) is 17.0.